The van der Waals surface area contributed by atoms with E-state index in [1.807, 2.05) is 18.2 Å². The molecule has 2 aromatic heterocycles. The van der Waals surface area contributed by atoms with Gasteiger partial charge in [0.25, 0.3) is 10.0 Å². The third-order valence-corrected chi connectivity index (χ3v) is 6.66. The van der Waals surface area contributed by atoms with Gasteiger partial charge in [0, 0.05) is 11.2 Å². The van der Waals surface area contributed by atoms with Crippen molar-refractivity contribution in [1.82, 2.24) is 9.78 Å². The number of anilines is 1. The molecule has 0 saturated heterocycles. The van der Waals surface area contributed by atoms with E-state index in [0.717, 1.165) is 20.7 Å². The Bertz CT molecular complexity index is 937. The number of nitrogens with zero attached hydrogens (tertiary/aromatic N) is 2. The molecule has 0 saturated carbocycles. The second-order valence-corrected chi connectivity index (χ2v) is 9.53. The Hall–Kier alpha value is -1.35. The topological polar surface area (TPSA) is 64.0 Å². The first kappa shape index (κ1) is 16.5. The number of sulfonamides is 1. The van der Waals surface area contributed by atoms with Crippen molar-refractivity contribution in [3.05, 3.63) is 63.2 Å². The summed E-state index contributed by atoms with van der Waals surface area (Å²) in [5.41, 5.74) is 1.40. The summed E-state index contributed by atoms with van der Waals surface area (Å²) >= 11 is 10.4. The Morgan fingerprint density at radius 1 is 1.30 bits per heavy atom. The Morgan fingerprint density at radius 3 is 2.83 bits per heavy atom. The summed E-state index contributed by atoms with van der Waals surface area (Å²) in [6, 6.07) is 10.7. The van der Waals surface area contributed by atoms with Crippen LogP contribution in [0.15, 0.2) is 56.8 Å². The van der Waals surface area contributed by atoms with Crippen LogP contribution in [-0.2, 0) is 16.6 Å². The van der Waals surface area contributed by atoms with Crippen LogP contribution in [0.1, 0.15) is 5.56 Å². The highest BCUT2D eigenvalue weighted by molar-refractivity contribution is 9.11. The highest BCUT2D eigenvalue weighted by atomic mass is 79.9. The molecule has 2 heterocycles. The van der Waals surface area contributed by atoms with E-state index in [4.69, 9.17) is 11.6 Å². The van der Waals surface area contributed by atoms with Gasteiger partial charge >= 0.3 is 0 Å². The van der Waals surface area contributed by atoms with Crippen LogP contribution in [0.5, 0.6) is 0 Å². The van der Waals surface area contributed by atoms with E-state index in [2.05, 4.69) is 25.8 Å². The predicted molar refractivity (Wildman–Crippen MR) is 95.6 cm³/mol. The third-order valence-electron chi connectivity index (χ3n) is 2.93. The molecule has 5 nitrogen and oxygen atoms in total. The van der Waals surface area contributed by atoms with E-state index in [0.29, 0.717) is 17.3 Å². The molecule has 0 bridgehead atoms. The van der Waals surface area contributed by atoms with E-state index in [1.54, 1.807) is 29.1 Å². The van der Waals surface area contributed by atoms with Crippen LogP contribution in [0.4, 0.5) is 5.69 Å². The molecule has 0 spiro atoms. The SMILES string of the molecule is O=S(=O)(Nc1cnn(Cc2cccc(Cl)c2)c1)c1ccc(Br)s1. The smallest absolute Gasteiger partial charge is 0.271 e. The molecule has 0 amide bonds. The summed E-state index contributed by atoms with van der Waals surface area (Å²) in [5.74, 6) is 0. The average Bonchev–Trinajstić information content (AvgIpc) is 3.08. The normalized spacial score (nSPS) is 11.6. The number of hydrogen-bond donors (Lipinski definition) is 1. The molecule has 0 aliphatic heterocycles. The van der Waals surface area contributed by atoms with Crippen molar-refractivity contribution in [3.63, 3.8) is 0 Å². The van der Waals surface area contributed by atoms with Crippen LogP contribution < -0.4 is 4.72 Å². The van der Waals surface area contributed by atoms with Gasteiger partial charge in [-0.15, -0.1) is 11.3 Å². The van der Waals surface area contributed by atoms with Crippen molar-refractivity contribution in [2.45, 2.75) is 10.8 Å². The van der Waals surface area contributed by atoms with Crippen molar-refractivity contribution in [3.8, 4) is 0 Å². The minimum absolute atomic E-state index is 0.243. The lowest BCUT2D eigenvalue weighted by molar-refractivity contribution is 0.603. The maximum Gasteiger partial charge on any atom is 0.271 e. The fraction of sp³-hybridized carbons (Fsp3) is 0.0714. The number of hydrogen-bond acceptors (Lipinski definition) is 4. The summed E-state index contributed by atoms with van der Waals surface area (Å²) in [5, 5.41) is 4.82. The van der Waals surface area contributed by atoms with Gasteiger partial charge < -0.3 is 0 Å². The Balaban J connectivity index is 1.74. The quantitative estimate of drug-likeness (QED) is 0.657. The fourth-order valence-electron chi connectivity index (χ4n) is 1.97. The molecule has 0 aliphatic rings. The monoisotopic (exact) mass is 431 g/mol. The van der Waals surface area contributed by atoms with Crippen molar-refractivity contribution in [1.29, 1.82) is 0 Å². The number of rotatable bonds is 5. The second kappa shape index (κ2) is 6.64. The maximum atomic E-state index is 12.3. The second-order valence-electron chi connectivity index (χ2n) is 4.72. The lowest BCUT2D eigenvalue weighted by atomic mass is 10.2. The molecule has 1 aromatic carbocycles. The van der Waals surface area contributed by atoms with Gasteiger partial charge in [-0.2, -0.15) is 5.10 Å². The van der Waals surface area contributed by atoms with E-state index in [-0.39, 0.29) is 4.21 Å². The highest BCUT2D eigenvalue weighted by Crippen LogP contribution is 2.27. The minimum Gasteiger partial charge on any atom is -0.276 e. The van der Waals surface area contributed by atoms with Gasteiger partial charge in [0.1, 0.15) is 4.21 Å². The summed E-state index contributed by atoms with van der Waals surface area (Å²) in [4.78, 5) is 0. The molecule has 1 N–H and O–H groups in total. The molecule has 3 aromatic rings. The minimum atomic E-state index is -3.59. The standard InChI is InChI=1S/C14H11BrClN3O2S2/c15-13-4-5-14(22-13)23(20,21)18-12-7-17-19(9-12)8-10-2-1-3-11(16)6-10/h1-7,9,18H,8H2. The molecule has 23 heavy (non-hydrogen) atoms. The zero-order valence-electron chi connectivity index (χ0n) is 11.6. The van der Waals surface area contributed by atoms with Crippen LogP contribution in [0, 0.1) is 0 Å². The summed E-state index contributed by atoms with van der Waals surface area (Å²) in [7, 11) is -3.59. The molecule has 0 fully saturated rings. The van der Waals surface area contributed by atoms with Gasteiger partial charge in [-0.3, -0.25) is 9.40 Å². The zero-order valence-corrected chi connectivity index (χ0v) is 15.6. The lowest BCUT2D eigenvalue weighted by Gasteiger charge is -2.03. The zero-order chi connectivity index (χ0) is 16.4. The molecule has 120 valence electrons. The largest absolute Gasteiger partial charge is 0.276 e. The molecular weight excluding hydrogens is 422 g/mol. The summed E-state index contributed by atoms with van der Waals surface area (Å²) < 4.78 is 29.7. The van der Waals surface area contributed by atoms with Crippen molar-refractivity contribution in [2.24, 2.45) is 0 Å². The van der Waals surface area contributed by atoms with E-state index >= 15 is 0 Å². The predicted octanol–water partition coefficient (Wildman–Crippen LogP) is 4.21. The number of benzene rings is 1. The van der Waals surface area contributed by atoms with Crippen LogP contribution >= 0.6 is 38.9 Å². The molecule has 0 aliphatic carbocycles. The molecule has 3 rings (SSSR count). The maximum absolute atomic E-state index is 12.3. The Labute approximate surface area is 151 Å². The fourth-order valence-corrected chi connectivity index (χ4v) is 5.22. The number of halogens is 2. The van der Waals surface area contributed by atoms with Crippen LogP contribution in [0.3, 0.4) is 0 Å². The summed E-state index contributed by atoms with van der Waals surface area (Å²) in [6.07, 6.45) is 3.12. The first-order chi connectivity index (χ1) is 10.9. The van der Waals surface area contributed by atoms with Crippen LogP contribution in [0.25, 0.3) is 0 Å². The molecule has 0 radical (unpaired) electrons. The lowest BCUT2D eigenvalue weighted by Crippen LogP contribution is -2.10. The Morgan fingerprint density at radius 2 is 2.13 bits per heavy atom. The van der Waals surface area contributed by atoms with E-state index < -0.39 is 10.0 Å². The van der Waals surface area contributed by atoms with Crippen molar-refractivity contribution >= 4 is 54.6 Å². The number of aromatic nitrogens is 2. The van der Waals surface area contributed by atoms with Gasteiger partial charge in [0.15, 0.2) is 0 Å². The number of thiophene rings is 1. The first-order valence-electron chi connectivity index (χ1n) is 6.47. The van der Waals surface area contributed by atoms with Gasteiger partial charge in [0.05, 0.1) is 22.2 Å². The molecule has 9 heteroatoms. The highest BCUT2D eigenvalue weighted by Gasteiger charge is 2.17. The third kappa shape index (κ3) is 4.14. The van der Waals surface area contributed by atoms with E-state index in [9.17, 15) is 8.42 Å². The van der Waals surface area contributed by atoms with Crippen molar-refractivity contribution < 1.29 is 8.42 Å². The van der Waals surface area contributed by atoms with E-state index in [1.165, 1.54) is 6.20 Å². The first-order valence-corrected chi connectivity index (χ1v) is 9.94. The van der Waals surface area contributed by atoms with Gasteiger partial charge in [-0.1, -0.05) is 23.7 Å². The average molecular weight is 433 g/mol. The summed E-state index contributed by atoms with van der Waals surface area (Å²) in [6.45, 7) is 0.507. The van der Waals surface area contributed by atoms with Crippen LogP contribution in [0.2, 0.25) is 5.02 Å². The number of nitrogens with one attached hydrogen (secondary N) is 1. The Kier molecular flexibility index (Phi) is 4.77. The molecule has 0 atom stereocenters. The van der Waals surface area contributed by atoms with Crippen molar-refractivity contribution in [2.75, 3.05) is 4.72 Å². The van der Waals surface area contributed by atoms with Gasteiger partial charge in [-0.25, -0.2) is 8.42 Å². The molecule has 0 unspecified atom stereocenters. The van der Waals surface area contributed by atoms with Gasteiger partial charge in [0.2, 0.25) is 0 Å². The van der Waals surface area contributed by atoms with Gasteiger partial charge in [-0.05, 0) is 45.8 Å². The van der Waals surface area contributed by atoms with Crippen LogP contribution in [-0.4, -0.2) is 18.2 Å². The molecular formula is C14H11BrClN3O2S2.